The number of benzene rings is 1. The van der Waals surface area contributed by atoms with E-state index in [1.807, 2.05) is 0 Å². The standard InChI is InChI=1S/C12H11F2NO3/c1-3-7-4-8(6-15)10(11(16)17-2)9(5-7)18-12(13)14/h4-5,12H,3H2,1-2H3. The second-order valence-electron chi connectivity index (χ2n) is 3.35. The summed E-state index contributed by atoms with van der Waals surface area (Å²) in [4.78, 5) is 11.5. The molecule has 4 nitrogen and oxygen atoms in total. The van der Waals surface area contributed by atoms with E-state index in [9.17, 15) is 13.6 Å². The van der Waals surface area contributed by atoms with Crippen LogP contribution in [-0.2, 0) is 11.2 Å². The van der Waals surface area contributed by atoms with Crippen molar-refractivity contribution in [3.63, 3.8) is 0 Å². The van der Waals surface area contributed by atoms with Gasteiger partial charge in [0.25, 0.3) is 0 Å². The molecule has 0 bridgehead atoms. The van der Waals surface area contributed by atoms with Gasteiger partial charge in [-0.25, -0.2) is 4.79 Å². The molecule has 0 aliphatic rings. The van der Waals surface area contributed by atoms with E-state index in [1.165, 1.54) is 12.1 Å². The Labute approximate surface area is 103 Å². The monoisotopic (exact) mass is 255 g/mol. The largest absolute Gasteiger partial charge is 0.465 e. The summed E-state index contributed by atoms with van der Waals surface area (Å²) in [7, 11) is 1.10. The van der Waals surface area contributed by atoms with Crippen LogP contribution in [0.15, 0.2) is 12.1 Å². The fraction of sp³-hybridized carbons (Fsp3) is 0.333. The number of hydrogen-bond donors (Lipinski definition) is 0. The fourth-order valence-electron chi connectivity index (χ4n) is 1.47. The predicted octanol–water partition coefficient (Wildman–Crippen LogP) is 2.51. The molecular formula is C12H11F2NO3. The van der Waals surface area contributed by atoms with Gasteiger partial charge in [0.05, 0.1) is 12.7 Å². The molecule has 1 rings (SSSR count). The molecule has 0 saturated heterocycles. The molecule has 6 heteroatoms. The summed E-state index contributed by atoms with van der Waals surface area (Å²) in [6.07, 6.45) is 0.524. The lowest BCUT2D eigenvalue weighted by atomic mass is 10.0. The second-order valence-corrected chi connectivity index (χ2v) is 3.35. The van der Waals surface area contributed by atoms with E-state index in [2.05, 4.69) is 9.47 Å². The van der Waals surface area contributed by atoms with Crippen LogP contribution in [0.1, 0.15) is 28.4 Å². The van der Waals surface area contributed by atoms with Crippen molar-refractivity contribution < 1.29 is 23.0 Å². The van der Waals surface area contributed by atoms with E-state index < -0.39 is 12.6 Å². The van der Waals surface area contributed by atoms with Gasteiger partial charge in [0.15, 0.2) is 0 Å². The molecule has 0 radical (unpaired) electrons. The highest BCUT2D eigenvalue weighted by Crippen LogP contribution is 2.27. The molecule has 1 aromatic rings. The van der Waals surface area contributed by atoms with E-state index in [0.29, 0.717) is 12.0 Å². The summed E-state index contributed by atoms with van der Waals surface area (Å²) >= 11 is 0. The third-order valence-corrected chi connectivity index (χ3v) is 2.30. The minimum absolute atomic E-state index is 0.0446. The summed E-state index contributed by atoms with van der Waals surface area (Å²) in [6.45, 7) is -1.28. The maximum Gasteiger partial charge on any atom is 0.387 e. The van der Waals surface area contributed by atoms with Crippen molar-refractivity contribution in [3.8, 4) is 11.8 Å². The lowest BCUT2D eigenvalue weighted by Crippen LogP contribution is -2.11. The van der Waals surface area contributed by atoms with Crippen molar-refractivity contribution in [2.75, 3.05) is 7.11 Å². The Balaban J connectivity index is 3.43. The zero-order valence-electron chi connectivity index (χ0n) is 9.87. The Hall–Kier alpha value is -2.16. The van der Waals surface area contributed by atoms with Crippen LogP contribution in [0, 0.1) is 11.3 Å². The highest BCUT2D eigenvalue weighted by Gasteiger charge is 2.21. The quantitative estimate of drug-likeness (QED) is 0.775. The first kappa shape index (κ1) is 13.9. The smallest absolute Gasteiger partial charge is 0.387 e. The van der Waals surface area contributed by atoms with Gasteiger partial charge in [0.1, 0.15) is 17.4 Å². The fourth-order valence-corrected chi connectivity index (χ4v) is 1.47. The van der Waals surface area contributed by atoms with Crippen LogP contribution < -0.4 is 4.74 Å². The number of aryl methyl sites for hydroxylation is 1. The summed E-state index contributed by atoms with van der Waals surface area (Å²) in [6, 6.07) is 4.53. The number of carbonyl (C=O) groups is 1. The summed E-state index contributed by atoms with van der Waals surface area (Å²) in [5, 5.41) is 8.94. The number of carbonyl (C=O) groups excluding carboxylic acids is 1. The van der Waals surface area contributed by atoms with Crippen molar-refractivity contribution >= 4 is 5.97 Å². The van der Waals surface area contributed by atoms with Gasteiger partial charge in [-0.2, -0.15) is 14.0 Å². The molecule has 0 saturated carbocycles. The van der Waals surface area contributed by atoms with Crippen molar-refractivity contribution in [1.82, 2.24) is 0 Å². The maximum atomic E-state index is 12.3. The van der Waals surface area contributed by atoms with Gasteiger partial charge in [0, 0.05) is 0 Å². The van der Waals surface area contributed by atoms with E-state index in [0.717, 1.165) is 7.11 Å². The molecule has 0 amide bonds. The summed E-state index contributed by atoms with van der Waals surface area (Å²) in [5.41, 5.74) is 0.296. The summed E-state index contributed by atoms with van der Waals surface area (Å²) in [5.74, 6) is -1.22. The average molecular weight is 255 g/mol. The molecule has 0 aliphatic heterocycles. The van der Waals surface area contributed by atoms with Crippen LogP contribution >= 0.6 is 0 Å². The second kappa shape index (κ2) is 5.96. The van der Waals surface area contributed by atoms with E-state index in [-0.39, 0.29) is 16.9 Å². The number of hydrogen-bond acceptors (Lipinski definition) is 4. The predicted molar refractivity (Wildman–Crippen MR) is 58.5 cm³/mol. The third kappa shape index (κ3) is 2.94. The van der Waals surface area contributed by atoms with Gasteiger partial charge < -0.3 is 9.47 Å². The van der Waals surface area contributed by atoms with Crippen LogP contribution in [0.5, 0.6) is 5.75 Å². The molecule has 0 unspecified atom stereocenters. The molecular weight excluding hydrogens is 244 g/mol. The van der Waals surface area contributed by atoms with Gasteiger partial charge in [-0.3, -0.25) is 0 Å². The van der Waals surface area contributed by atoms with Crippen molar-refractivity contribution in [3.05, 3.63) is 28.8 Å². The Morgan fingerprint density at radius 3 is 2.61 bits per heavy atom. The molecule has 0 heterocycles. The highest BCUT2D eigenvalue weighted by atomic mass is 19.3. The number of alkyl halides is 2. The molecule has 0 atom stereocenters. The number of rotatable bonds is 4. The number of methoxy groups -OCH3 is 1. The van der Waals surface area contributed by atoms with E-state index >= 15 is 0 Å². The van der Waals surface area contributed by atoms with Gasteiger partial charge in [-0.15, -0.1) is 0 Å². The molecule has 0 aliphatic carbocycles. The van der Waals surface area contributed by atoms with Crippen molar-refractivity contribution in [2.45, 2.75) is 20.0 Å². The maximum absolute atomic E-state index is 12.3. The Morgan fingerprint density at radius 2 is 2.17 bits per heavy atom. The zero-order chi connectivity index (χ0) is 13.7. The van der Waals surface area contributed by atoms with Gasteiger partial charge in [-0.05, 0) is 24.1 Å². The molecule has 0 spiro atoms. The SMILES string of the molecule is CCc1cc(C#N)c(C(=O)OC)c(OC(F)F)c1. The number of nitriles is 1. The molecule has 0 aromatic heterocycles. The molecule has 18 heavy (non-hydrogen) atoms. The number of nitrogens with zero attached hydrogens (tertiary/aromatic N) is 1. The Kier molecular flexibility index (Phi) is 4.60. The lowest BCUT2D eigenvalue weighted by molar-refractivity contribution is -0.0504. The van der Waals surface area contributed by atoms with E-state index in [4.69, 9.17) is 5.26 Å². The molecule has 1 aromatic carbocycles. The number of halogens is 2. The first-order valence-corrected chi connectivity index (χ1v) is 5.13. The molecule has 0 fully saturated rings. The summed E-state index contributed by atoms with van der Waals surface area (Å²) < 4.78 is 33.3. The third-order valence-electron chi connectivity index (χ3n) is 2.30. The average Bonchev–Trinajstić information content (AvgIpc) is 2.36. The minimum Gasteiger partial charge on any atom is -0.465 e. The van der Waals surface area contributed by atoms with Crippen molar-refractivity contribution in [2.24, 2.45) is 0 Å². The Bertz CT molecular complexity index is 495. The van der Waals surface area contributed by atoms with Crippen LogP contribution in [0.2, 0.25) is 0 Å². The van der Waals surface area contributed by atoms with Gasteiger partial charge >= 0.3 is 12.6 Å². The van der Waals surface area contributed by atoms with Crippen LogP contribution in [0.4, 0.5) is 8.78 Å². The number of ether oxygens (including phenoxy) is 2. The topological polar surface area (TPSA) is 59.3 Å². The normalized spacial score (nSPS) is 10.0. The van der Waals surface area contributed by atoms with Gasteiger partial charge in [-0.1, -0.05) is 6.92 Å². The van der Waals surface area contributed by atoms with Crippen molar-refractivity contribution in [1.29, 1.82) is 5.26 Å². The van der Waals surface area contributed by atoms with Gasteiger partial charge in [0.2, 0.25) is 0 Å². The number of esters is 1. The highest BCUT2D eigenvalue weighted by molar-refractivity contribution is 5.95. The first-order chi connectivity index (χ1) is 8.53. The molecule has 0 N–H and O–H groups in total. The van der Waals surface area contributed by atoms with Crippen LogP contribution in [0.3, 0.4) is 0 Å². The Morgan fingerprint density at radius 1 is 1.50 bits per heavy atom. The van der Waals surface area contributed by atoms with Crippen LogP contribution in [-0.4, -0.2) is 19.7 Å². The lowest BCUT2D eigenvalue weighted by Gasteiger charge is -2.12. The molecule has 96 valence electrons. The van der Waals surface area contributed by atoms with E-state index in [1.54, 1.807) is 13.0 Å². The zero-order valence-corrected chi connectivity index (χ0v) is 9.87. The first-order valence-electron chi connectivity index (χ1n) is 5.13. The van der Waals surface area contributed by atoms with Crippen LogP contribution in [0.25, 0.3) is 0 Å². The minimum atomic E-state index is -3.08.